The molecule has 2 N–H and O–H groups in total. The van der Waals surface area contributed by atoms with E-state index in [2.05, 4.69) is 29.5 Å². The highest BCUT2D eigenvalue weighted by Gasteiger charge is 2.22. The summed E-state index contributed by atoms with van der Waals surface area (Å²) in [5.41, 5.74) is 1.11. The highest BCUT2D eigenvalue weighted by atomic mass is 32.1. The van der Waals surface area contributed by atoms with Crippen LogP contribution >= 0.6 is 11.3 Å². The van der Waals surface area contributed by atoms with E-state index in [-0.39, 0.29) is 0 Å². The van der Waals surface area contributed by atoms with Gasteiger partial charge in [0.05, 0.1) is 16.3 Å². The van der Waals surface area contributed by atoms with Crippen LogP contribution in [-0.4, -0.2) is 16.6 Å². The standard InChI is InChI=1S/C16H22N2OS/c1-12(2)15-18-14(10-20-15)9-17-11-16(3,19)13-7-5-4-6-8-13/h4-8,10,12,17,19H,9,11H2,1-3H3. The van der Waals surface area contributed by atoms with Crippen LogP contribution in [0, 0.1) is 0 Å². The second-order valence-corrected chi connectivity index (χ2v) is 6.46. The van der Waals surface area contributed by atoms with Gasteiger partial charge in [-0.15, -0.1) is 11.3 Å². The predicted molar refractivity (Wildman–Crippen MR) is 83.9 cm³/mol. The molecule has 0 bridgehead atoms. The summed E-state index contributed by atoms with van der Waals surface area (Å²) in [5.74, 6) is 0.473. The second kappa shape index (κ2) is 6.48. The Balaban J connectivity index is 1.88. The molecule has 3 nitrogen and oxygen atoms in total. The molecule has 2 aromatic rings. The van der Waals surface area contributed by atoms with Gasteiger partial charge in [-0.25, -0.2) is 4.98 Å². The molecule has 1 aromatic carbocycles. The fraction of sp³-hybridized carbons (Fsp3) is 0.438. The van der Waals surface area contributed by atoms with Crippen LogP contribution in [0.2, 0.25) is 0 Å². The molecule has 20 heavy (non-hydrogen) atoms. The molecule has 4 heteroatoms. The molecule has 1 heterocycles. The Morgan fingerprint density at radius 2 is 2.00 bits per heavy atom. The normalized spacial score (nSPS) is 14.4. The van der Waals surface area contributed by atoms with Crippen molar-refractivity contribution in [2.75, 3.05) is 6.54 Å². The van der Waals surface area contributed by atoms with Gasteiger partial charge >= 0.3 is 0 Å². The molecule has 1 unspecified atom stereocenters. The SMILES string of the molecule is CC(C)c1nc(CNCC(C)(O)c2ccccc2)cs1. The molecular formula is C16H22N2OS. The summed E-state index contributed by atoms with van der Waals surface area (Å²) < 4.78 is 0. The van der Waals surface area contributed by atoms with E-state index >= 15 is 0 Å². The molecule has 0 amide bonds. The number of benzene rings is 1. The fourth-order valence-corrected chi connectivity index (χ4v) is 2.84. The van der Waals surface area contributed by atoms with Gasteiger partial charge in [0.25, 0.3) is 0 Å². The van der Waals surface area contributed by atoms with Crippen molar-refractivity contribution in [1.82, 2.24) is 10.3 Å². The van der Waals surface area contributed by atoms with Gasteiger partial charge in [-0.3, -0.25) is 0 Å². The van der Waals surface area contributed by atoms with E-state index < -0.39 is 5.60 Å². The summed E-state index contributed by atoms with van der Waals surface area (Å²) in [5, 5.41) is 17.0. The Kier molecular flexibility index (Phi) is 4.91. The van der Waals surface area contributed by atoms with Crippen molar-refractivity contribution >= 4 is 11.3 Å². The molecule has 0 saturated heterocycles. The first kappa shape index (κ1) is 15.2. The van der Waals surface area contributed by atoms with E-state index in [9.17, 15) is 5.11 Å². The van der Waals surface area contributed by atoms with Crippen LogP contribution in [0.3, 0.4) is 0 Å². The zero-order valence-corrected chi connectivity index (χ0v) is 13.1. The average Bonchev–Trinajstić information content (AvgIpc) is 2.89. The Morgan fingerprint density at radius 1 is 1.30 bits per heavy atom. The number of thiazole rings is 1. The monoisotopic (exact) mass is 290 g/mol. The van der Waals surface area contributed by atoms with E-state index in [1.54, 1.807) is 11.3 Å². The minimum Gasteiger partial charge on any atom is -0.384 e. The summed E-state index contributed by atoms with van der Waals surface area (Å²) in [7, 11) is 0. The number of rotatable bonds is 6. The molecule has 0 aliphatic heterocycles. The van der Waals surface area contributed by atoms with Gasteiger partial charge in [0.2, 0.25) is 0 Å². The number of nitrogens with zero attached hydrogens (tertiary/aromatic N) is 1. The third-order valence-corrected chi connectivity index (χ3v) is 4.43. The van der Waals surface area contributed by atoms with Crippen LogP contribution in [0.1, 0.15) is 43.0 Å². The molecule has 0 saturated carbocycles. The Hall–Kier alpha value is -1.23. The van der Waals surface area contributed by atoms with Crippen LogP contribution in [-0.2, 0) is 12.1 Å². The topological polar surface area (TPSA) is 45.2 Å². The first-order chi connectivity index (χ1) is 9.49. The van der Waals surface area contributed by atoms with E-state index in [4.69, 9.17) is 0 Å². The lowest BCUT2D eigenvalue weighted by Gasteiger charge is -2.24. The maximum absolute atomic E-state index is 10.5. The third kappa shape index (κ3) is 3.88. The zero-order chi connectivity index (χ0) is 14.6. The molecule has 0 spiro atoms. The minimum absolute atomic E-state index is 0.473. The largest absolute Gasteiger partial charge is 0.384 e. The lowest BCUT2D eigenvalue weighted by Crippen LogP contribution is -2.35. The fourth-order valence-electron chi connectivity index (χ4n) is 2.00. The summed E-state index contributed by atoms with van der Waals surface area (Å²) in [6.45, 7) is 7.32. The first-order valence-electron chi connectivity index (χ1n) is 6.92. The molecule has 1 aromatic heterocycles. The second-order valence-electron chi connectivity index (χ2n) is 5.58. The van der Waals surface area contributed by atoms with E-state index in [0.717, 1.165) is 16.3 Å². The van der Waals surface area contributed by atoms with Crippen LogP contribution in [0.5, 0.6) is 0 Å². The maximum Gasteiger partial charge on any atom is 0.0992 e. The predicted octanol–water partition coefficient (Wildman–Crippen LogP) is 3.26. The first-order valence-corrected chi connectivity index (χ1v) is 7.80. The van der Waals surface area contributed by atoms with Gasteiger partial charge in [0.15, 0.2) is 0 Å². The lowest BCUT2D eigenvalue weighted by atomic mass is 9.96. The smallest absolute Gasteiger partial charge is 0.0992 e. The minimum atomic E-state index is -0.863. The van der Waals surface area contributed by atoms with Crippen molar-refractivity contribution in [1.29, 1.82) is 0 Å². The molecule has 0 fully saturated rings. The summed E-state index contributed by atoms with van der Waals surface area (Å²) in [6, 6.07) is 9.73. The Morgan fingerprint density at radius 3 is 2.60 bits per heavy atom. The van der Waals surface area contributed by atoms with Gasteiger partial charge < -0.3 is 10.4 Å². The van der Waals surface area contributed by atoms with Gasteiger partial charge in [-0.1, -0.05) is 44.2 Å². The molecule has 0 radical (unpaired) electrons. The molecule has 0 aliphatic carbocycles. The van der Waals surface area contributed by atoms with Crippen LogP contribution < -0.4 is 5.32 Å². The van der Waals surface area contributed by atoms with E-state index in [1.165, 1.54) is 0 Å². The maximum atomic E-state index is 10.5. The van der Waals surface area contributed by atoms with Crippen molar-refractivity contribution in [3.63, 3.8) is 0 Å². The Bertz CT molecular complexity index is 534. The molecule has 1 atom stereocenters. The van der Waals surface area contributed by atoms with E-state index in [1.807, 2.05) is 37.3 Å². The van der Waals surface area contributed by atoms with Crippen LogP contribution in [0.15, 0.2) is 35.7 Å². The molecule has 0 aliphatic rings. The third-order valence-electron chi connectivity index (χ3n) is 3.23. The van der Waals surface area contributed by atoms with Crippen molar-refractivity contribution in [2.45, 2.75) is 38.8 Å². The van der Waals surface area contributed by atoms with Crippen LogP contribution in [0.4, 0.5) is 0 Å². The zero-order valence-electron chi connectivity index (χ0n) is 12.3. The lowest BCUT2D eigenvalue weighted by molar-refractivity contribution is 0.0566. The van der Waals surface area contributed by atoms with Gasteiger partial charge in [-0.05, 0) is 12.5 Å². The number of nitrogens with one attached hydrogen (secondary N) is 1. The summed E-state index contributed by atoms with van der Waals surface area (Å²) in [4.78, 5) is 4.58. The summed E-state index contributed by atoms with van der Waals surface area (Å²) in [6.07, 6.45) is 0. The van der Waals surface area contributed by atoms with Crippen LogP contribution in [0.25, 0.3) is 0 Å². The van der Waals surface area contributed by atoms with Gasteiger partial charge in [0, 0.05) is 24.4 Å². The number of aliphatic hydroxyl groups is 1. The summed E-state index contributed by atoms with van der Waals surface area (Å²) >= 11 is 1.70. The van der Waals surface area contributed by atoms with Gasteiger partial charge in [0.1, 0.15) is 0 Å². The number of hydrogen-bond donors (Lipinski definition) is 2. The van der Waals surface area contributed by atoms with Crippen molar-refractivity contribution in [3.8, 4) is 0 Å². The van der Waals surface area contributed by atoms with Crippen molar-refractivity contribution < 1.29 is 5.11 Å². The van der Waals surface area contributed by atoms with Gasteiger partial charge in [-0.2, -0.15) is 0 Å². The van der Waals surface area contributed by atoms with Crippen molar-refractivity contribution in [3.05, 3.63) is 52.0 Å². The molecule has 108 valence electrons. The molecule has 2 rings (SSSR count). The quantitative estimate of drug-likeness (QED) is 0.858. The van der Waals surface area contributed by atoms with E-state index in [0.29, 0.717) is 19.0 Å². The number of aromatic nitrogens is 1. The highest BCUT2D eigenvalue weighted by Crippen LogP contribution is 2.21. The number of hydrogen-bond acceptors (Lipinski definition) is 4. The molecular weight excluding hydrogens is 268 g/mol. The highest BCUT2D eigenvalue weighted by molar-refractivity contribution is 7.09. The van der Waals surface area contributed by atoms with Crippen molar-refractivity contribution in [2.24, 2.45) is 0 Å². The Labute approximate surface area is 124 Å². The average molecular weight is 290 g/mol.